The second-order valence-electron chi connectivity index (χ2n) is 11.8. The molecule has 4 saturated carbocycles. The monoisotopic (exact) mass is 520 g/mol. The number of carboxylic acids is 1. The van der Waals surface area contributed by atoms with Gasteiger partial charge in [-0.2, -0.15) is 0 Å². The fourth-order valence-corrected chi connectivity index (χ4v) is 7.74. The van der Waals surface area contributed by atoms with E-state index in [4.69, 9.17) is 9.72 Å². The molecule has 3 unspecified atom stereocenters. The van der Waals surface area contributed by atoms with E-state index in [2.05, 4.69) is 22.0 Å². The molecule has 2 aromatic rings. The number of piperazine rings is 1. The molecule has 1 amide bonds. The third kappa shape index (κ3) is 4.46. The van der Waals surface area contributed by atoms with Gasteiger partial charge in [-0.1, -0.05) is 6.07 Å². The number of methoxy groups -OCH3 is 1. The van der Waals surface area contributed by atoms with Gasteiger partial charge in [0.25, 0.3) is 5.91 Å². The number of aliphatic hydroxyl groups is 1. The van der Waals surface area contributed by atoms with E-state index in [1.54, 1.807) is 18.2 Å². The fraction of sp³-hybridized carbons (Fsp3) is 0.552. The Bertz CT molecular complexity index is 1240. The number of hydrogen-bond donors (Lipinski definition) is 3. The molecule has 7 rings (SSSR count). The van der Waals surface area contributed by atoms with Crippen LogP contribution in [0.15, 0.2) is 36.4 Å². The van der Waals surface area contributed by atoms with E-state index < -0.39 is 11.6 Å². The normalized spacial score (nSPS) is 31.8. The summed E-state index contributed by atoms with van der Waals surface area (Å²) in [6, 6.07) is 11.1. The molecule has 3 atom stereocenters. The molecule has 1 saturated heterocycles. The van der Waals surface area contributed by atoms with Gasteiger partial charge in [-0.15, -0.1) is 0 Å². The highest BCUT2D eigenvalue weighted by Gasteiger charge is 2.55. The zero-order chi connectivity index (χ0) is 26.6. The summed E-state index contributed by atoms with van der Waals surface area (Å²) in [5.41, 5.74) is 0.975. The summed E-state index contributed by atoms with van der Waals surface area (Å²) in [5, 5.41) is 23.5. The molecule has 1 aliphatic heterocycles. The van der Waals surface area contributed by atoms with E-state index in [0.29, 0.717) is 29.2 Å². The minimum Gasteiger partial charge on any atom is -0.496 e. The Labute approximate surface area is 222 Å². The van der Waals surface area contributed by atoms with E-state index in [1.807, 2.05) is 18.2 Å². The molecule has 2 heterocycles. The summed E-state index contributed by atoms with van der Waals surface area (Å²) < 4.78 is 5.30. The van der Waals surface area contributed by atoms with E-state index >= 15 is 0 Å². The lowest BCUT2D eigenvalue weighted by atomic mass is 9.52. The standard InChI is InChI=1S/C29H36N4O5/c1-17-16-32(21-6-7-22(28(35)36)24(12-21)38-2)8-9-33(17)25-5-3-4-23(30-25)27(34)31-26-19-10-18-11-20(26)15-29(37,13-18)14-19/h3-7,12,17-20,26,37H,8-11,13-16H2,1-2H3,(H,31,34)(H,35,36). The highest BCUT2D eigenvalue weighted by molar-refractivity contribution is 5.93. The number of nitrogens with zero attached hydrogens (tertiary/aromatic N) is 3. The lowest BCUT2D eigenvalue weighted by Gasteiger charge is -2.58. The highest BCUT2D eigenvalue weighted by atomic mass is 16.5. The van der Waals surface area contributed by atoms with Crippen LogP contribution in [0.4, 0.5) is 11.5 Å². The first-order valence-electron chi connectivity index (χ1n) is 13.7. The third-order valence-electron chi connectivity index (χ3n) is 9.21. The topological polar surface area (TPSA) is 115 Å². The molecule has 4 aliphatic carbocycles. The zero-order valence-corrected chi connectivity index (χ0v) is 22.0. The van der Waals surface area contributed by atoms with Gasteiger partial charge in [0.1, 0.15) is 22.8 Å². The summed E-state index contributed by atoms with van der Waals surface area (Å²) in [5.74, 6) is 1.30. The molecule has 4 bridgehead atoms. The molecule has 3 N–H and O–H groups in total. The van der Waals surface area contributed by atoms with Gasteiger partial charge in [-0.3, -0.25) is 4.79 Å². The number of amides is 1. The van der Waals surface area contributed by atoms with Crippen molar-refractivity contribution in [3.8, 4) is 5.75 Å². The van der Waals surface area contributed by atoms with Crippen molar-refractivity contribution in [3.05, 3.63) is 47.7 Å². The second kappa shape index (κ2) is 9.45. The van der Waals surface area contributed by atoms with Crippen LogP contribution in [-0.2, 0) is 0 Å². The van der Waals surface area contributed by atoms with Crippen LogP contribution in [0.3, 0.4) is 0 Å². The summed E-state index contributed by atoms with van der Waals surface area (Å²) in [4.78, 5) is 33.9. The number of pyridine rings is 1. The summed E-state index contributed by atoms with van der Waals surface area (Å²) >= 11 is 0. The minimum atomic E-state index is -1.01. The number of carbonyl (C=O) groups is 2. The molecular weight excluding hydrogens is 484 g/mol. The first kappa shape index (κ1) is 25.0. The molecule has 38 heavy (non-hydrogen) atoms. The maximum atomic E-state index is 13.3. The number of hydrogen-bond acceptors (Lipinski definition) is 7. The number of aromatic nitrogens is 1. The Balaban J connectivity index is 1.12. The van der Waals surface area contributed by atoms with Gasteiger partial charge in [0.05, 0.1) is 12.7 Å². The van der Waals surface area contributed by atoms with Crippen molar-refractivity contribution < 1.29 is 24.5 Å². The number of carbonyl (C=O) groups excluding carboxylic acids is 1. The maximum Gasteiger partial charge on any atom is 0.339 e. The van der Waals surface area contributed by atoms with Crippen molar-refractivity contribution in [1.29, 1.82) is 0 Å². The Morgan fingerprint density at radius 1 is 1.11 bits per heavy atom. The Morgan fingerprint density at radius 3 is 2.53 bits per heavy atom. The van der Waals surface area contributed by atoms with Crippen LogP contribution in [0, 0.1) is 17.8 Å². The van der Waals surface area contributed by atoms with Gasteiger partial charge in [0.2, 0.25) is 0 Å². The van der Waals surface area contributed by atoms with Gasteiger partial charge < -0.3 is 30.1 Å². The van der Waals surface area contributed by atoms with Crippen molar-refractivity contribution in [2.45, 2.75) is 56.7 Å². The van der Waals surface area contributed by atoms with E-state index in [1.165, 1.54) is 7.11 Å². The Hall–Kier alpha value is -3.33. The van der Waals surface area contributed by atoms with Crippen LogP contribution in [0.25, 0.3) is 0 Å². The minimum absolute atomic E-state index is 0.122. The average Bonchev–Trinajstić information content (AvgIpc) is 2.89. The maximum absolute atomic E-state index is 13.3. The van der Waals surface area contributed by atoms with Gasteiger partial charge in [0, 0.05) is 43.5 Å². The van der Waals surface area contributed by atoms with E-state index in [-0.39, 0.29) is 23.6 Å². The van der Waals surface area contributed by atoms with Gasteiger partial charge in [0.15, 0.2) is 0 Å². The van der Waals surface area contributed by atoms with E-state index in [9.17, 15) is 19.8 Å². The van der Waals surface area contributed by atoms with Crippen LogP contribution in [0.2, 0.25) is 0 Å². The van der Waals surface area contributed by atoms with Gasteiger partial charge in [-0.05, 0) is 81.0 Å². The fourth-order valence-electron chi connectivity index (χ4n) is 7.74. The van der Waals surface area contributed by atoms with Crippen LogP contribution in [0.5, 0.6) is 5.75 Å². The molecule has 0 spiro atoms. The van der Waals surface area contributed by atoms with Gasteiger partial charge in [-0.25, -0.2) is 9.78 Å². The number of nitrogens with one attached hydrogen (secondary N) is 1. The van der Waals surface area contributed by atoms with Crippen LogP contribution in [-0.4, -0.2) is 71.5 Å². The summed E-state index contributed by atoms with van der Waals surface area (Å²) in [6.07, 6.45) is 4.72. The largest absolute Gasteiger partial charge is 0.496 e. The van der Waals surface area contributed by atoms with Crippen molar-refractivity contribution in [1.82, 2.24) is 10.3 Å². The lowest BCUT2D eigenvalue weighted by Crippen LogP contribution is -2.61. The first-order valence-corrected chi connectivity index (χ1v) is 13.7. The molecule has 5 fully saturated rings. The molecule has 0 radical (unpaired) electrons. The number of anilines is 2. The summed E-state index contributed by atoms with van der Waals surface area (Å²) in [7, 11) is 1.48. The predicted octanol–water partition coefficient (Wildman–Crippen LogP) is 3.17. The smallest absolute Gasteiger partial charge is 0.339 e. The van der Waals surface area contributed by atoms with Gasteiger partial charge >= 0.3 is 5.97 Å². The third-order valence-corrected chi connectivity index (χ3v) is 9.21. The molecule has 9 nitrogen and oxygen atoms in total. The molecule has 1 aromatic carbocycles. The van der Waals surface area contributed by atoms with Crippen molar-refractivity contribution in [3.63, 3.8) is 0 Å². The molecular formula is C29H36N4O5. The van der Waals surface area contributed by atoms with Crippen molar-refractivity contribution >= 4 is 23.4 Å². The molecule has 202 valence electrons. The van der Waals surface area contributed by atoms with Crippen molar-refractivity contribution in [2.24, 2.45) is 17.8 Å². The second-order valence-corrected chi connectivity index (χ2v) is 11.8. The van der Waals surface area contributed by atoms with Crippen LogP contribution >= 0.6 is 0 Å². The molecule has 9 heteroatoms. The molecule has 1 aromatic heterocycles. The SMILES string of the molecule is COc1cc(N2CCN(c3cccc(C(=O)NC4C5CC6CC4CC(O)(C6)C5)n3)C(C)C2)ccc1C(=O)O. The number of ether oxygens (including phenoxy) is 1. The number of rotatable bonds is 6. The highest BCUT2D eigenvalue weighted by Crippen LogP contribution is 2.55. The zero-order valence-electron chi connectivity index (χ0n) is 22.0. The number of benzene rings is 1. The molecule has 5 aliphatic rings. The summed E-state index contributed by atoms with van der Waals surface area (Å²) in [6.45, 7) is 4.30. The van der Waals surface area contributed by atoms with E-state index in [0.717, 1.165) is 63.2 Å². The first-order chi connectivity index (χ1) is 18.2. The van der Waals surface area contributed by atoms with Crippen molar-refractivity contribution in [2.75, 3.05) is 36.5 Å². The lowest BCUT2D eigenvalue weighted by molar-refractivity contribution is -0.136. The van der Waals surface area contributed by atoms with Crippen LogP contribution in [0.1, 0.15) is 59.9 Å². The number of aromatic carboxylic acids is 1. The average molecular weight is 521 g/mol. The van der Waals surface area contributed by atoms with Crippen LogP contribution < -0.4 is 19.9 Å². The Morgan fingerprint density at radius 2 is 1.87 bits per heavy atom. The predicted molar refractivity (Wildman–Crippen MR) is 143 cm³/mol. The number of carboxylic acid groups (broad SMARTS) is 1. The Kier molecular flexibility index (Phi) is 6.21. The quantitative estimate of drug-likeness (QED) is 0.532.